The molecule has 0 spiro atoms. The van der Waals surface area contributed by atoms with Gasteiger partial charge in [-0.05, 0) is 60.0 Å². The van der Waals surface area contributed by atoms with Gasteiger partial charge in [0.1, 0.15) is 17.7 Å². The van der Waals surface area contributed by atoms with Crippen molar-refractivity contribution < 1.29 is 18.4 Å². The lowest BCUT2D eigenvalue weighted by Crippen LogP contribution is -2.41. The molecule has 4 rings (SSSR count). The summed E-state index contributed by atoms with van der Waals surface area (Å²) in [6, 6.07) is 9.81. The standard InChI is InChI=1S/C21H20F2N4O2/c1-27-11-18(21(29)26-27)24-19(28)9-7-15-16-10-14(23)6-8-17(16)25-20(15)12-2-4-13(22)5-3-12/h2-6,8,10,18,25H,7,9,11H2,1H3,(H,24,28)(H,26,29). The van der Waals surface area contributed by atoms with Gasteiger partial charge in [-0.1, -0.05) is 0 Å². The molecule has 3 N–H and O–H groups in total. The quantitative estimate of drug-likeness (QED) is 0.618. The topological polar surface area (TPSA) is 77.2 Å². The number of hydrogen-bond donors (Lipinski definition) is 3. The van der Waals surface area contributed by atoms with Gasteiger partial charge in [-0.2, -0.15) is 0 Å². The highest BCUT2D eigenvalue weighted by Gasteiger charge is 2.29. The van der Waals surface area contributed by atoms with Crippen molar-refractivity contribution in [2.75, 3.05) is 13.6 Å². The number of aryl methyl sites for hydroxylation is 1. The fraction of sp³-hybridized carbons (Fsp3) is 0.238. The van der Waals surface area contributed by atoms with Crippen molar-refractivity contribution in [2.24, 2.45) is 0 Å². The molecule has 1 fully saturated rings. The summed E-state index contributed by atoms with van der Waals surface area (Å²) in [6.07, 6.45) is 0.470. The van der Waals surface area contributed by atoms with Crippen LogP contribution in [0.4, 0.5) is 8.78 Å². The second-order valence-electron chi connectivity index (χ2n) is 7.15. The van der Waals surface area contributed by atoms with Gasteiger partial charge in [-0.25, -0.2) is 13.8 Å². The van der Waals surface area contributed by atoms with Crippen LogP contribution in [0.1, 0.15) is 12.0 Å². The second-order valence-corrected chi connectivity index (χ2v) is 7.15. The number of likely N-dealkylation sites (N-methyl/N-ethyl adjacent to an activating group) is 1. The summed E-state index contributed by atoms with van der Waals surface area (Å²) in [5.41, 5.74) is 5.58. The van der Waals surface area contributed by atoms with Crippen LogP contribution >= 0.6 is 0 Å². The minimum Gasteiger partial charge on any atom is -0.354 e. The number of nitrogens with zero attached hydrogens (tertiary/aromatic N) is 1. The smallest absolute Gasteiger partial charge is 0.258 e. The molecule has 0 bridgehead atoms. The highest BCUT2D eigenvalue weighted by Crippen LogP contribution is 2.32. The number of aromatic amines is 1. The first-order chi connectivity index (χ1) is 13.9. The first-order valence-electron chi connectivity index (χ1n) is 9.28. The molecular formula is C21H20F2N4O2. The number of aromatic nitrogens is 1. The van der Waals surface area contributed by atoms with Crippen LogP contribution in [0.3, 0.4) is 0 Å². The number of carbonyl (C=O) groups excluding carboxylic acids is 2. The lowest BCUT2D eigenvalue weighted by Gasteiger charge is -2.10. The first kappa shape index (κ1) is 19.1. The predicted molar refractivity (Wildman–Crippen MR) is 105 cm³/mol. The van der Waals surface area contributed by atoms with Gasteiger partial charge in [0.25, 0.3) is 5.91 Å². The lowest BCUT2D eigenvalue weighted by atomic mass is 10.0. The van der Waals surface area contributed by atoms with E-state index in [9.17, 15) is 18.4 Å². The van der Waals surface area contributed by atoms with Crippen LogP contribution in [-0.4, -0.2) is 41.4 Å². The van der Waals surface area contributed by atoms with Gasteiger partial charge in [0, 0.05) is 36.6 Å². The lowest BCUT2D eigenvalue weighted by molar-refractivity contribution is -0.127. The van der Waals surface area contributed by atoms with E-state index in [2.05, 4.69) is 15.7 Å². The molecular weight excluding hydrogens is 378 g/mol. The Bertz CT molecular complexity index is 1080. The van der Waals surface area contributed by atoms with Crippen LogP contribution in [0.5, 0.6) is 0 Å². The number of hydrazine groups is 1. The number of benzene rings is 2. The minimum atomic E-state index is -0.593. The number of amides is 2. The maximum Gasteiger partial charge on any atom is 0.258 e. The monoisotopic (exact) mass is 398 g/mol. The molecule has 1 aromatic heterocycles. The molecule has 0 radical (unpaired) electrons. The number of hydrogen-bond acceptors (Lipinski definition) is 3. The maximum atomic E-state index is 13.8. The van der Waals surface area contributed by atoms with Crippen LogP contribution in [0.2, 0.25) is 0 Å². The molecule has 2 heterocycles. The van der Waals surface area contributed by atoms with Gasteiger partial charge in [0.05, 0.1) is 0 Å². The summed E-state index contributed by atoms with van der Waals surface area (Å²) in [6.45, 7) is 0.393. The second kappa shape index (κ2) is 7.63. The van der Waals surface area contributed by atoms with Gasteiger partial charge in [0.2, 0.25) is 5.91 Å². The number of carbonyl (C=O) groups is 2. The Labute approximate surface area is 165 Å². The summed E-state index contributed by atoms with van der Waals surface area (Å²) in [7, 11) is 1.72. The molecule has 0 aliphatic carbocycles. The summed E-state index contributed by atoms with van der Waals surface area (Å²) in [5, 5.41) is 5.01. The Morgan fingerprint density at radius 2 is 1.90 bits per heavy atom. The largest absolute Gasteiger partial charge is 0.354 e. The van der Waals surface area contributed by atoms with Crippen molar-refractivity contribution in [1.82, 2.24) is 20.7 Å². The molecule has 2 aromatic carbocycles. The van der Waals surface area contributed by atoms with Crippen molar-refractivity contribution in [3.8, 4) is 11.3 Å². The van der Waals surface area contributed by atoms with Gasteiger partial charge >= 0.3 is 0 Å². The van der Waals surface area contributed by atoms with E-state index in [1.807, 2.05) is 0 Å². The van der Waals surface area contributed by atoms with Gasteiger partial charge in [0.15, 0.2) is 0 Å². The third-order valence-electron chi connectivity index (χ3n) is 5.01. The molecule has 1 saturated heterocycles. The summed E-state index contributed by atoms with van der Waals surface area (Å²) in [4.78, 5) is 27.4. The third kappa shape index (κ3) is 3.97. The van der Waals surface area contributed by atoms with E-state index < -0.39 is 6.04 Å². The van der Waals surface area contributed by atoms with Crippen LogP contribution in [0.25, 0.3) is 22.2 Å². The van der Waals surface area contributed by atoms with Crippen molar-refractivity contribution in [1.29, 1.82) is 0 Å². The molecule has 1 unspecified atom stereocenters. The number of halogens is 2. The number of nitrogens with one attached hydrogen (secondary N) is 3. The molecule has 0 saturated carbocycles. The molecule has 1 aliphatic heterocycles. The minimum absolute atomic E-state index is 0.130. The summed E-state index contributed by atoms with van der Waals surface area (Å²) in [5.74, 6) is -1.24. The zero-order valence-electron chi connectivity index (χ0n) is 15.8. The Hall–Kier alpha value is -3.26. The number of rotatable bonds is 5. The predicted octanol–water partition coefficient (Wildman–Crippen LogP) is 2.51. The Morgan fingerprint density at radius 3 is 2.59 bits per heavy atom. The molecule has 2 amide bonds. The fourth-order valence-corrected chi connectivity index (χ4v) is 3.63. The van der Waals surface area contributed by atoms with E-state index in [0.717, 1.165) is 22.3 Å². The SMILES string of the molecule is CN1CC(NC(=O)CCc2c(-c3ccc(F)cc3)[nH]c3ccc(F)cc23)C(=O)N1. The fourth-order valence-electron chi connectivity index (χ4n) is 3.63. The van der Waals surface area contributed by atoms with Gasteiger partial charge < -0.3 is 10.3 Å². The van der Waals surface area contributed by atoms with E-state index in [1.54, 1.807) is 30.3 Å². The Kier molecular flexibility index (Phi) is 5.02. The van der Waals surface area contributed by atoms with Crippen LogP contribution in [0, 0.1) is 11.6 Å². The molecule has 6 nitrogen and oxygen atoms in total. The highest BCUT2D eigenvalue weighted by atomic mass is 19.1. The van der Waals surface area contributed by atoms with E-state index in [-0.39, 0.29) is 29.9 Å². The molecule has 1 aliphatic rings. The molecule has 29 heavy (non-hydrogen) atoms. The van der Waals surface area contributed by atoms with E-state index in [4.69, 9.17) is 0 Å². The van der Waals surface area contributed by atoms with Gasteiger partial charge in [-0.3, -0.25) is 15.0 Å². The zero-order valence-corrected chi connectivity index (χ0v) is 15.8. The van der Waals surface area contributed by atoms with Gasteiger partial charge in [-0.15, -0.1) is 0 Å². The van der Waals surface area contributed by atoms with Crippen LogP contribution in [0.15, 0.2) is 42.5 Å². The number of fused-ring (bicyclic) bond motifs is 1. The highest BCUT2D eigenvalue weighted by molar-refractivity contribution is 5.92. The molecule has 8 heteroatoms. The van der Waals surface area contributed by atoms with Crippen LogP contribution < -0.4 is 10.7 Å². The van der Waals surface area contributed by atoms with Crippen molar-refractivity contribution in [2.45, 2.75) is 18.9 Å². The average molecular weight is 398 g/mol. The normalized spacial score (nSPS) is 16.9. The average Bonchev–Trinajstić information content (AvgIpc) is 3.19. The molecule has 150 valence electrons. The van der Waals surface area contributed by atoms with Crippen molar-refractivity contribution in [3.05, 3.63) is 59.7 Å². The molecule has 1 atom stereocenters. The van der Waals surface area contributed by atoms with E-state index in [0.29, 0.717) is 18.4 Å². The van der Waals surface area contributed by atoms with Crippen molar-refractivity contribution >= 4 is 22.7 Å². The summed E-state index contributed by atoms with van der Waals surface area (Å²) < 4.78 is 27.2. The maximum absolute atomic E-state index is 13.8. The Balaban J connectivity index is 1.59. The zero-order chi connectivity index (χ0) is 20.5. The number of H-pyrrole nitrogens is 1. The van der Waals surface area contributed by atoms with Crippen molar-refractivity contribution in [3.63, 3.8) is 0 Å². The van der Waals surface area contributed by atoms with Crippen LogP contribution in [-0.2, 0) is 16.0 Å². The summed E-state index contributed by atoms with van der Waals surface area (Å²) >= 11 is 0. The Morgan fingerprint density at radius 1 is 1.17 bits per heavy atom. The van der Waals surface area contributed by atoms with E-state index in [1.165, 1.54) is 24.3 Å². The first-order valence-corrected chi connectivity index (χ1v) is 9.28. The third-order valence-corrected chi connectivity index (χ3v) is 5.01. The van der Waals surface area contributed by atoms with E-state index >= 15 is 0 Å². The molecule has 3 aromatic rings.